The molecule has 1 N–H and O–H groups in total. The summed E-state index contributed by atoms with van der Waals surface area (Å²) in [6, 6.07) is 13.0. The van der Waals surface area contributed by atoms with Gasteiger partial charge < -0.3 is 15.0 Å². The van der Waals surface area contributed by atoms with E-state index in [-0.39, 0.29) is 11.6 Å². The number of nitrogens with zero attached hydrogens (tertiary/aromatic N) is 1. The summed E-state index contributed by atoms with van der Waals surface area (Å²) < 4.78 is 42.6. The molecule has 7 heteroatoms. The summed E-state index contributed by atoms with van der Waals surface area (Å²) in [5.74, 6) is -0.179. The first-order chi connectivity index (χ1) is 12.0. The maximum absolute atomic E-state index is 13.9. The van der Waals surface area contributed by atoms with Gasteiger partial charge in [-0.2, -0.15) is 8.78 Å². The third kappa shape index (κ3) is 4.85. The van der Waals surface area contributed by atoms with Crippen LogP contribution in [-0.2, 0) is 6.54 Å². The highest BCUT2D eigenvalue weighted by atomic mass is 32.1. The first-order valence-electron chi connectivity index (χ1n) is 7.89. The SMILES string of the molecule is Fc1ccccc1CN(C(=S)Nc1ccc(OC(F)F)cc1)C1CC1. The fourth-order valence-electron chi connectivity index (χ4n) is 2.48. The number of benzene rings is 2. The van der Waals surface area contributed by atoms with E-state index in [0.29, 0.717) is 28.9 Å². The molecule has 0 atom stereocenters. The monoisotopic (exact) mass is 366 g/mol. The van der Waals surface area contributed by atoms with E-state index in [1.165, 1.54) is 18.2 Å². The van der Waals surface area contributed by atoms with Crippen molar-refractivity contribution >= 4 is 23.0 Å². The molecule has 3 nitrogen and oxygen atoms in total. The zero-order chi connectivity index (χ0) is 17.8. The Bertz CT molecular complexity index is 735. The van der Waals surface area contributed by atoms with Crippen LogP contribution < -0.4 is 10.1 Å². The minimum absolute atomic E-state index is 0.0804. The van der Waals surface area contributed by atoms with Crippen molar-refractivity contribution in [2.75, 3.05) is 5.32 Å². The van der Waals surface area contributed by atoms with Crippen LogP contribution in [0.4, 0.5) is 18.9 Å². The first kappa shape index (κ1) is 17.5. The third-order valence-electron chi connectivity index (χ3n) is 3.88. The molecule has 0 saturated heterocycles. The zero-order valence-electron chi connectivity index (χ0n) is 13.3. The van der Waals surface area contributed by atoms with Gasteiger partial charge in [-0.15, -0.1) is 0 Å². The minimum Gasteiger partial charge on any atom is -0.435 e. The van der Waals surface area contributed by atoms with Gasteiger partial charge >= 0.3 is 6.61 Å². The van der Waals surface area contributed by atoms with Crippen molar-refractivity contribution in [3.05, 3.63) is 59.9 Å². The Labute approximate surface area is 149 Å². The third-order valence-corrected chi connectivity index (χ3v) is 4.21. The van der Waals surface area contributed by atoms with E-state index >= 15 is 0 Å². The summed E-state index contributed by atoms with van der Waals surface area (Å²) in [6.45, 7) is -2.47. The number of rotatable bonds is 6. The number of nitrogens with one attached hydrogen (secondary N) is 1. The highest BCUT2D eigenvalue weighted by molar-refractivity contribution is 7.80. The van der Waals surface area contributed by atoms with Gasteiger partial charge in [0.25, 0.3) is 0 Å². The van der Waals surface area contributed by atoms with Gasteiger partial charge in [-0.25, -0.2) is 4.39 Å². The van der Waals surface area contributed by atoms with E-state index in [0.717, 1.165) is 12.8 Å². The molecule has 0 spiro atoms. The van der Waals surface area contributed by atoms with E-state index < -0.39 is 6.61 Å². The summed E-state index contributed by atoms with van der Waals surface area (Å²) in [7, 11) is 0. The number of thiocarbonyl (C=S) groups is 1. The van der Waals surface area contributed by atoms with Crippen molar-refractivity contribution in [3.63, 3.8) is 0 Å². The second kappa shape index (κ2) is 7.74. The standard InChI is InChI=1S/C18H17F3N2OS/c19-16-4-2-1-3-12(16)11-23(14-7-8-14)18(25)22-13-5-9-15(10-6-13)24-17(20)21/h1-6,9-10,14,17H,7-8,11H2,(H,22,25). The van der Waals surface area contributed by atoms with Crippen LogP contribution in [0.25, 0.3) is 0 Å². The van der Waals surface area contributed by atoms with Crippen molar-refractivity contribution in [1.82, 2.24) is 4.90 Å². The molecule has 25 heavy (non-hydrogen) atoms. The smallest absolute Gasteiger partial charge is 0.387 e. The molecule has 0 heterocycles. The quantitative estimate of drug-likeness (QED) is 0.743. The molecule has 0 amide bonds. The van der Waals surface area contributed by atoms with Gasteiger partial charge in [-0.1, -0.05) is 18.2 Å². The molecule has 0 radical (unpaired) electrons. The Morgan fingerprint density at radius 1 is 1.16 bits per heavy atom. The fraction of sp³-hybridized carbons (Fsp3) is 0.278. The first-order valence-corrected chi connectivity index (χ1v) is 8.29. The molecule has 132 valence electrons. The average Bonchev–Trinajstić information content (AvgIpc) is 3.40. The van der Waals surface area contributed by atoms with E-state index in [1.807, 2.05) is 4.90 Å². The molecule has 2 aromatic rings. The molecule has 3 rings (SSSR count). The molecule has 1 saturated carbocycles. The molecular weight excluding hydrogens is 349 g/mol. The molecule has 0 aliphatic heterocycles. The lowest BCUT2D eigenvalue weighted by atomic mass is 10.2. The second-order valence-corrected chi connectivity index (χ2v) is 6.17. The topological polar surface area (TPSA) is 24.5 Å². The molecule has 1 aliphatic carbocycles. The van der Waals surface area contributed by atoms with E-state index in [4.69, 9.17) is 12.2 Å². The molecule has 1 aliphatic rings. The predicted octanol–water partition coefficient (Wildman–Crippen LogP) is 4.79. The van der Waals surface area contributed by atoms with E-state index in [1.54, 1.807) is 30.3 Å². The average molecular weight is 366 g/mol. The normalized spacial score (nSPS) is 13.6. The Kier molecular flexibility index (Phi) is 5.43. The van der Waals surface area contributed by atoms with E-state index in [9.17, 15) is 13.2 Å². The van der Waals surface area contributed by atoms with Crippen LogP contribution in [0, 0.1) is 5.82 Å². The van der Waals surface area contributed by atoms with E-state index in [2.05, 4.69) is 10.1 Å². The Morgan fingerprint density at radius 2 is 1.84 bits per heavy atom. The van der Waals surface area contributed by atoms with Crippen molar-refractivity contribution in [2.45, 2.75) is 32.0 Å². The molecule has 0 aromatic heterocycles. The largest absolute Gasteiger partial charge is 0.435 e. The van der Waals surface area contributed by atoms with Crippen LogP contribution in [-0.4, -0.2) is 22.7 Å². The number of anilines is 1. The molecule has 1 fully saturated rings. The Balaban J connectivity index is 1.66. The maximum Gasteiger partial charge on any atom is 0.387 e. The highest BCUT2D eigenvalue weighted by Crippen LogP contribution is 2.30. The van der Waals surface area contributed by atoms with Crippen molar-refractivity contribution in [1.29, 1.82) is 0 Å². The predicted molar refractivity (Wildman–Crippen MR) is 94.3 cm³/mol. The summed E-state index contributed by atoms with van der Waals surface area (Å²) in [5, 5.41) is 3.56. The van der Waals surface area contributed by atoms with Crippen molar-refractivity contribution in [3.8, 4) is 5.75 Å². The van der Waals surface area contributed by atoms with Gasteiger partial charge in [0.15, 0.2) is 5.11 Å². The number of hydrogen-bond donors (Lipinski definition) is 1. The number of ether oxygens (including phenoxy) is 1. The Hall–Kier alpha value is -2.28. The Morgan fingerprint density at radius 3 is 2.44 bits per heavy atom. The number of hydrogen-bond acceptors (Lipinski definition) is 2. The summed E-state index contributed by atoms with van der Waals surface area (Å²) in [5.41, 5.74) is 1.24. The van der Waals surface area contributed by atoms with Gasteiger partial charge in [0.1, 0.15) is 11.6 Å². The highest BCUT2D eigenvalue weighted by Gasteiger charge is 2.31. The zero-order valence-corrected chi connectivity index (χ0v) is 14.1. The van der Waals surface area contributed by atoms with Crippen LogP contribution in [0.1, 0.15) is 18.4 Å². The summed E-state index contributed by atoms with van der Waals surface area (Å²) >= 11 is 5.46. The fourth-order valence-corrected chi connectivity index (χ4v) is 2.81. The van der Waals surface area contributed by atoms with Gasteiger partial charge in [0.05, 0.1) is 0 Å². The lowest BCUT2D eigenvalue weighted by Gasteiger charge is -2.26. The van der Waals surface area contributed by atoms with Crippen LogP contribution in [0.2, 0.25) is 0 Å². The van der Waals surface area contributed by atoms with Crippen LogP contribution in [0.3, 0.4) is 0 Å². The van der Waals surface area contributed by atoms with Crippen molar-refractivity contribution in [2.24, 2.45) is 0 Å². The molecule has 0 bridgehead atoms. The molecule has 0 unspecified atom stereocenters. The lowest BCUT2D eigenvalue weighted by Crippen LogP contribution is -2.36. The number of halogens is 3. The lowest BCUT2D eigenvalue weighted by molar-refractivity contribution is -0.0498. The summed E-state index contributed by atoms with van der Waals surface area (Å²) in [6.07, 6.45) is 2.02. The van der Waals surface area contributed by atoms with Crippen molar-refractivity contribution < 1.29 is 17.9 Å². The van der Waals surface area contributed by atoms with Gasteiger partial charge in [-0.3, -0.25) is 0 Å². The van der Waals surface area contributed by atoms with Crippen LogP contribution >= 0.6 is 12.2 Å². The van der Waals surface area contributed by atoms with Gasteiger partial charge in [-0.05, 0) is 55.4 Å². The second-order valence-electron chi connectivity index (χ2n) is 5.78. The van der Waals surface area contributed by atoms with Crippen LogP contribution in [0.15, 0.2) is 48.5 Å². The molecule has 2 aromatic carbocycles. The molecular formula is C18H17F3N2OS. The number of alkyl halides is 2. The van der Waals surface area contributed by atoms with Gasteiger partial charge in [0, 0.05) is 23.8 Å². The van der Waals surface area contributed by atoms with Gasteiger partial charge in [0.2, 0.25) is 0 Å². The maximum atomic E-state index is 13.9. The van der Waals surface area contributed by atoms with Crippen LogP contribution in [0.5, 0.6) is 5.75 Å². The summed E-state index contributed by atoms with van der Waals surface area (Å²) in [4.78, 5) is 1.96. The minimum atomic E-state index is -2.86.